The van der Waals surface area contributed by atoms with E-state index in [0.717, 1.165) is 30.0 Å². The van der Waals surface area contributed by atoms with Gasteiger partial charge in [-0.25, -0.2) is 0 Å². The van der Waals surface area contributed by atoms with E-state index in [1.165, 1.54) is 0 Å². The number of nitrogens with zero attached hydrogens (tertiary/aromatic N) is 3. The van der Waals surface area contributed by atoms with E-state index >= 15 is 0 Å². The Kier molecular flexibility index (Phi) is 9.70. The van der Waals surface area contributed by atoms with Crippen LogP contribution in [-0.4, -0.2) is 78.9 Å². The molecule has 1 atom stereocenters. The van der Waals surface area contributed by atoms with Crippen molar-refractivity contribution < 1.29 is 23.6 Å². The van der Waals surface area contributed by atoms with Crippen LogP contribution in [0.25, 0.3) is 11.1 Å². The van der Waals surface area contributed by atoms with Gasteiger partial charge >= 0.3 is 11.8 Å². The molecule has 0 bridgehead atoms. The molecule has 1 fully saturated rings. The Hall–Kier alpha value is -4.54. The van der Waals surface area contributed by atoms with Crippen molar-refractivity contribution in [2.45, 2.75) is 12.5 Å². The summed E-state index contributed by atoms with van der Waals surface area (Å²) in [5, 5.41) is 9.64. The summed E-state index contributed by atoms with van der Waals surface area (Å²) in [6.45, 7) is 3.85. The quantitative estimate of drug-likeness (QED) is 0.274. The normalized spacial score (nSPS) is 14.2. The summed E-state index contributed by atoms with van der Waals surface area (Å²) >= 11 is 0. The topological polar surface area (TPSA) is 119 Å². The van der Waals surface area contributed by atoms with Crippen LogP contribution < -0.4 is 15.4 Å². The first-order valence-corrected chi connectivity index (χ1v) is 13.7. The predicted molar refractivity (Wildman–Crippen MR) is 153 cm³/mol. The number of amides is 2. The molecule has 2 N–H and O–H groups in total. The maximum absolute atomic E-state index is 12.8. The molecule has 41 heavy (non-hydrogen) atoms. The minimum Gasteiger partial charge on any atom is -0.492 e. The third-order valence-corrected chi connectivity index (χ3v) is 6.80. The minimum atomic E-state index is -0.454. The Morgan fingerprint density at radius 3 is 2.27 bits per heavy atom. The molecule has 1 aromatic heterocycles. The third-order valence-electron chi connectivity index (χ3n) is 6.80. The van der Waals surface area contributed by atoms with E-state index in [2.05, 4.69) is 25.7 Å². The molecule has 4 aromatic rings. The first-order chi connectivity index (χ1) is 20.2. The molecule has 10 nitrogen and oxygen atoms in total. The fraction of sp³-hybridized carbons (Fsp3) is 0.290. The Balaban J connectivity index is 1.08. The molecule has 0 radical (unpaired) electrons. The summed E-state index contributed by atoms with van der Waals surface area (Å²) < 4.78 is 16.6. The number of nitrogens with one attached hydrogen (secondary N) is 2. The van der Waals surface area contributed by atoms with Crippen molar-refractivity contribution in [3.63, 3.8) is 0 Å². The van der Waals surface area contributed by atoms with Crippen LogP contribution >= 0.6 is 0 Å². The lowest BCUT2D eigenvalue weighted by atomic mass is 10.0. The van der Waals surface area contributed by atoms with Gasteiger partial charge in [-0.3, -0.25) is 14.5 Å². The van der Waals surface area contributed by atoms with E-state index in [1.54, 1.807) is 12.1 Å². The Bertz CT molecular complexity index is 1390. The highest BCUT2D eigenvalue weighted by atomic mass is 16.5. The number of hydrogen-bond donors (Lipinski definition) is 2. The molecular weight excluding hydrogens is 522 g/mol. The van der Waals surface area contributed by atoms with Gasteiger partial charge in [0.2, 0.25) is 0 Å². The van der Waals surface area contributed by atoms with Crippen LogP contribution in [0.2, 0.25) is 0 Å². The second-order valence-corrected chi connectivity index (χ2v) is 9.60. The zero-order valence-corrected chi connectivity index (χ0v) is 22.7. The molecular formula is C31H33N5O5. The lowest BCUT2D eigenvalue weighted by molar-refractivity contribution is 0.00634. The number of carbonyl (C=O) groups excluding carboxylic acids is 2. The molecule has 0 aliphatic carbocycles. The lowest BCUT2D eigenvalue weighted by Gasteiger charge is -2.34. The number of ether oxygens (including phenoxy) is 2. The minimum absolute atomic E-state index is 0.0533. The first-order valence-electron chi connectivity index (χ1n) is 13.7. The number of benzene rings is 3. The zero-order chi connectivity index (χ0) is 28.3. The Morgan fingerprint density at radius 1 is 0.854 bits per heavy atom. The van der Waals surface area contributed by atoms with Crippen molar-refractivity contribution >= 4 is 11.8 Å². The second-order valence-electron chi connectivity index (χ2n) is 9.60. The van der Waals surface area contributed by atoms with Gasteiger partial charge in [0.25, 0.3) is 5.91 Å². The number of morpholine rings is 1. The third kappa shape index (κ3) is 8.00. The van der Waals surface area contributed by atoms with Crippen molar-refractivity contribution in [3.8, 4) is 16.9 Å². The Morgan fingerprint density at radius 2 is 1.54 bits per heavy atom. The molecule has 0 saturated carbocycles. The average molecular weight is 556 g/mol. The molecule has 212 valence electrons. The van der Waals surface area contributed by atoms with Crippen molar-refractivity contribution in [1.82, 2.24) is 25.7 Å². The molecule has 2 amide bonds. The van der Waals surface area contributed by atoms with E-state index < -0.39 is 5.91 Å². The van der Waals surface area contributed by atoms with Gasteiger partial charge in [-0.05, 0) is 35.4 Å². The predicted octanol–water partition coefficient (Wildman–Crippen LogP) is 3.22. The van der Waals surface area contributed by atoms with Crippen LogP contribution in [0, 0.1) is 0 Å². The van der Waals surface area contributed by atoms with Crippen LogP contribution in [0.4, 0.5) is 0 Å². The highest BCUT2D eigenvalue weighted by Gasteiger charge is 2.24. The molecule has 2 heterocycles. The van der Waals surface area contributed by atoms with Gasteiger partial charge in [-0.1, -0.05) is 65.8 Å². The second kappa shape index (κ2) is 14.2. The molecule has 3 aromatic carbocycles. The molecule has 1 saturated heterocycles. The molecule has 5 rings (SSSR count). The summed E-state index contributed by atoms with van der Waals surface area (Å²) in [6.07, 6.45) is 0.325. The smallest absolute Gasteiger partial charge is 0.315 e. The van der Waals surface area contributed by atoms with Crippen LogP contribution in [0.3, 0.4) is 0 Å². The van der Waals surface area contributed by atoms with E-state index in [9.17, 15) is 9.59 Å². The maximum Gasteiger partial charge on any atom is 0.315 e. The maximum atomic E-state index is 12.8. The van der Waals surface area contributed by atoms with E-state index in [-0.39, 0.29) is 17.8 Å². The zero-order valence-electron chi connectivity index (χ0n) is 22.7. The average Bonchev–Trinajstić information content (AvgIpc) is 3.51. The number of carbonyl (C=O) groups is 2. The van der Waals surface area contributed by atoms with Crippen LogP contribution in [0.1, 0.15) is 26.9 Å². The first kappa shape index (κ1) is 28.0. The van der Waals surface area contributed by atoms with Gasteiger partial charge < -0.3 is 24.6 Å². The van der Waals surface area contributed by atoms with E-state index in [4.69, 9.17) is 14.0 Å². The number of para-hydroxylation sites is 1. The van der Waals surface area contributed by atoms with E-state index in [0.29, 0.717) is 50.7 Å². The van der Waals surface area contributed by atoms with Gasteiger partial charge in [-0.15, -0.1) is 0 Å². The monoisotopic (exact) mass is 555 g/mol. The van der Waals surface area contributed by atoms with Gasteiger partial charge in [0.05, 0.1) is 19.3 Å². The standard InChI is InChI=1S/C31H33N5O5/c37-29(25-13-11-24(12-14-25)23-7-3-1-4-8-23)32-16-15-28-34-31(41-35-28)30(38)33-21-26(36-17-19-39-20-18-36)22-40-27-9-5-2-6-10-27/h1-14,26H,15-22H2,(H,32,37)(H,33,38). The van der Waals surface area contributed by atoms with Crippen LogP contribution in [0.15, 0.2) is 89.5 Å². The van der Waals surface area contributed by atoms with Crippen molar-refractivity contribution in [2.24, 2.45) is 0 Å². The van der Waals surface area contributed by atoms with Gasteiger partial charge in [-0.2, -0.15) is 4.98 Å². The number of hydrogen-bond acceptors (Lipinski definition) is 8. The highest BCUT2D eigenvalue weighted by Crippen LogP contribution is 2.19. The SMILES string of the molecule is O=C(NCCc1noc(C(=O)NCC(COc2ccccc2)N2CCOCC2)n1)c1ccc(-c2ccccc2)cc1. The van der Waals surface area contributed by atoms with Gasteiger partial charge in [0, 0.05) is 38.2 Å². The Labute approximate surface area is 238 Å². The molecule has 1 aliphatic rings. The van der Waals surface area contributed by atoms with Gasteiger partial charge in [0.15, 0.2) is 5.82 Å². The summed E-state index contributed by atoms with van der Waals surface area (Å²) in [5.41, 5.74) is 2.69. The van der Waals surface area contributed by atoms with Crippen LogP contribution in [0.5, 0.6) is 5.75 Å². The van der Waals surface area contributed by atoms with Crippen molar-refractivity contribution in [2.75, 3.05) is 46.0 Å². The molecule has 10 heteroatoms. The largest absolute Gasteiger partial charge is 0.492 e. The highest BCUT2D eigenvalue weighted by molar-refractivity contribution is 5.94. The molecule has 1 unspecified atom stereocenters. The van der Waals surface area contributed by atoms with Crippen molar-refractivity contribution in [1.29, 1.82) is 0 Å². The number of rotatable bonds is 12. The number of aromatic nitrogens is 2. The fourth-order valence-electron chi connectivity index (χ4n) is 4.51. The lowest BCUT2D eigenvalue weighted by Crippen LogP contribution is -2.51. The van der Waals surface area contributed by atoms with E-state index in [1.807, 2.05) is 72.8 Å². The fourth-order valence-corrected chi connectivity index (χ4v) is 4.51. The summed E-state index contributed by atoms with van der Waals surface area (Å²) in [7, 11) is 0. The molecule has 0 spiro atoms. The summed E-state index contributed by atoms with van der Waals surface area (Å²) in [5.74, 6) is 0.344. The van der Waals surface area contributed by atoms with Crippen molar-refractivity contribution in [3.05, 3.63) is 102 Å². The van der Waals surface area contributed by atoms with Gasteiger partial charge in [0.1, 0.15) is 12.4 Å². The summed E-state index contributed by atoms with van der Waals surface area (Å²) in [6, 6.07) is 26.9. The summed E-state index contributed by atoms with van der Waals surface area (Å²) in [4.78, 5) is 31.8. The molecule has 1 aliphatic heterocycles. The van der Waals surface area contributed by atoms with Crippen LogP contribution in [-0.2, 0) is 11.2 Å².